The van der Waals surface area contributed by atoms with Crippen molar-refractivity contribution in [2.75, 3.05) is 6.16 Å². The Hall–Kier alpha value is -0.350. The maximum absolute atomic E-state index is 2.65. The van der Waals surface area contributed by atoms with Crippen LogP contribution in [-0.2, 0) is 19.3 Å². The van der Waals surface area contributed by atoms with Crippen LogP contribution < -0.4 is 5.30 Å². The number of aryl methyl sites for hydroxylation is 1. The van der Waals surface area contributed by atoms with E-state index >= 15 is 0 Å². The summed E-state index contributed by atoms with van der Waals surface area (Å²) in [6.45, 7) is 9.44. The maximum atomic E-state index is 2.65. The van der Waals surface area contributed by atoms with Crippen LogP contribution in [0.4, 0.5) is 0 Å². The van der Waals surface area contributed by atoms with Gasteiger partial charge >= 0.3 is 0 Å². The molecule has 30 heavy (non-hydrogen) atoms. The summed E-state index contributed by atoms with van der Waals surface area (Å²) in [5.74, 6) is 0. The molecule has 0 radical (unpaired) electrons. The SMILES string of the molecule is CCCCCP(c1ccc(CCCC)c(CCCC)c1CCCC)C1CCCCC1. The van der Waals surface area contributed by atoms with Gasteiger partial charge in [-0.05, 0) is 91.6 Å². The zero-order valence-corrected chi connectivity index (χ0v) is 21.8. The van der Waals surface area contributed by atoms with Crippen LogP contribution >= 0.6 is 7.92 Å². The zero-order chi connectivity index (χ0) is 21.6. The van der Waals surface area contributed by atoms with Gasteiger partial charge in [-0.1, -0.05) is 99.1 Å². The molecule has 0 bridgehead atoms. The molecule has 0 nitrogen and oxygen atoms in total. The van der Waals surface area contributed by atoms with E-state index in [1.54, 1.807) is 11.1 Å². The third-order valence-corrected chi connectivity index (χ3v) is 10.4. The Morgan fingerprint density at radius 2 is 1.27 bits per heavy atom. The third kappa shape index (κ3) is 7.97. The standard InChI is InChI=1S/C29H51P/c1-5-9-16-24-30(26-18-14-13-15-19-26)29-23-22-25(17-10-6-2)27(20-11-7-3)28(29)21-12-8-4/h22-23,26H,5-21,24H2,1-4H3. The van der Waals surface area contributed by atoms with Crippen molar-refractivity contribution in [2.45, 2.75) is 143 Å². The molecule has 0 amide bonds. The van der Waals surface area contributed by atoms with Gasteiger partial charge < -0.3 is 0 Å². The van der Waals surface area contributed by atoms with Crippen molar-refractivity contribution in [3.8, 4) is 0 Å². The molecule has 172 valence electrons. The summed E-state index contributed by atoms with van der Waals surface area (Å²) in [5, 5.41) is 1.85. The second-order valence-corrected chi connectivity index (χ2v) is 12.3. The van der Waals surface area contributed by atoms with Crippen molar-refractivity contribution < 1.29 is 0 Å². The third-order valence-electron chi connectivity index (χ3n) is 7.19. The Labute approximate surface area is 190 Å². The van der Waals surface area contributed by atoms with Crippen LogP contribution in [-0.4, -0.2) is 11.8 Å². The summed E-state index contributed by atoms with van der Waals surface area (Å²) in [6, 6.07) is 5.24. The van der Waals surface area contributed by atoms with Gasteiger partial charge in [-0.2, -0.15) is 0 Å². The molecule has 1 aromatic carbocycles. The maximum Gasteiger partial charge on any atom is -0.0169 e. The van der Waals surface area contributed by atoms with Crippen molar-refractivity contribution in [2.24, 2.45) is 0 Å². The Balaban J connectivity index is 2.44. The molecule has 1 fully saturated rings. The monoisotopic (exact) mass is 430 g/mol. The van der Waals surface area contributed by atoms with Gasteiger partial charge in [-0.25, -0.2) is 0 Å². The van der Waals surface area contributed by atoms with Gasteiger partial charge in [0.15, 0.2) is 0 Å². The van der Waals surface area contributed by atoms with Crippen molar-refractivity contribution in [1.82, 2.24) is 0 Å². The van der Waals surface area contributed by atoms with Crippen molar-refractivity contribution in [1.29, 1.82) is 0 Å². The molecule has 1 aromatic rings. The number of hydrogen-bond donors (Lipinski definition) is 0. The van der Waals surface area contributed by atoms with Crippen LogP contribution in [0.1, 0.15) is 134 Å². The first-order valence-corrected chi connectivity index (χ1v) is 15.3. The number of benzene rings is 1. The van der Waals surface area contributed by atoms with Crippen molar-refractivity contribution >= 4 is 13.2 Å². The van der Waals surface area contributed by atoms with E-state index in [4.69, 9.17) is 0 Å². The first kappa shape index (κ1) is 25.9. The van der Waals surface area contributed by atoms with Gasteiger partial charge in [0.25, 0.3) is 0 Å². The largest absolute Gasteiger partial charge is 0.0718 e. The van der Waals surface area contributed by atoms with E-state index in [1.165, 1.54) is 115 Å². The fraction of sp³-hybridized carbons (Fsp3) is 0.793. The van der Waals surface area contributed by atoms with Crippen LogP contribution in [0.5, 0.6) is 0 Å². The molecule has 1 heteroatoms. The molecule has 1 atom stereocenters. The lowest BCUT2D eigenvalue weighted by Crippen LogP contribution is -2.23. The predicted octanol–water partition coefficient (Wildman–Crippen LogP) is 9.34. The first-order chi connectivity index (χ1) is 14.8. The smallest absolute Gasteiger partial charge is 0.0169 e. The minimum atomic E-state index is 0.0206. The number of hydrogen-bond acceptors (Lipinski definition) is 0. The van der Waals surface area contributed by atoms with Crippen LogP contribution in [0.3, 0.4) is 0 Å². The van der Waals surface area contributed by atoms with Gasteiger partial charge in [-0.3, -0.25) is 0 Å². The second kappa shape index (κ2) is 15.5. The van der Waals surface area contributed by atoms with E-state index in [-0.39, 0.29) is 7.92 Å². The number of unbranched alkanes of at least 4 members (excludes halogenated alkanes) is 5. The van der Waals surface area contributed by atoms with Crippen LogP contribution in [0.15, 0.2) is 12.1 Å². The molecule has 0 aromatic heterocycles. The zero-order valence-electron chi connectivity index (χ0n) is 20.9. The highest BCUT2D eigenvalue weighted by molar-refractivity contribution is 7.66. The van der Waals surface area contributed by atoms with Gasteiger partial charge in [0.1, 0.15) is 0 Å². The summed E-state index contributed by atoms with van der Waals surface area (Å²) >= 11 is 0. The normalized spacial score (nSPS) is 16.1. The Morgan fingerprint density at radius 1 is 0.667 bits per heavy atom. The van der Waals surface area contributed by atoms with Gasteiger partial charge in [0.05, 0.1) is 0 Å². The molecule has 0 spiro atoms. The molecule has 1 saturated carbocycles. The molecule has 1 aliphatic rings. The Bertz CT molecular complexity index is 570. The van der Waals surface area contributed by atoms with E-state index < -0.39 is 0 Å². The molecule has 0 saturated heterocycles. The van der Waals surface area contributed by atoms with Crippen molar-refractivity contribution in [3.05, 3.63) is 28.8 Å². The molecule has 2 rings (SSSR count). The lowest BCUT2D eigenvalue weighted by Gasteiger charge is -2.34. The summed E-state index contributed by atoms with van der Waals surface area (Å²) in [6.07, 6.45) is 25.2. The van der Waals surface area contributed by atoms with Crippen LogP contribution in [0.25, 0.3) is 0 Å². The molecule has 0 aliphatic heterocycles. The average Bonchev–Trinajstić information content (AvgIpc) is 2.78. The molecule has 0 N–H and O–H groups in total. The average molecular weight is 431 g/mol. The van der Waals surface area contributed by atoms with E-state index in [1.807, 2.05) is 10.9 Å². The molecule has 1 aliphatic carbocycles. The minimum Gasteiger partial charge on any atom is -0.0718 e. The van der Waals surface area contributed by atoms with Gasteiger partial charge in [0.2, 0.25) is 0 Å². The fourth-order valence-electron chi connectivity index (χ4n) is 5.32. The highest BCUT2D eigenvalue weighted by Crippen LogP contribution is 2.49. The number of rotatable bonds is 15. The van der Waals surface area contributed by atoms with Gasteiger partial charge in [0, 0.05) is 0 Å². The van der Waals surface area contributed by atoms with Crippen LogP contribution in [0, 0.1) is 0 Å². The fourth-order valence-corrected chi connectivity index (χ4v) is 8.73. The predicted molar refractivity (Wildman–Crippen MR) is 140 cm³/mol. The van der Waals surface area contributed by atoms with E-state index in [0.717, 1.165) is 5.66 Å². The highest BCUT2D eigenvalue weighted by Gasteiger charge is 2.27. The highest BCUT2D eigenvalue weighted by atomic mass is 31.1. The van der Waals surface area contributed by atoms with E-state index in [0.29, 0.717) is 0 Å². The first-order valence-electron chi connectivity index (χ1n) is 13.7. The second-order valence-electron chi connectivity index (χ2n) is 9.70. The lowest BCUT2D eigenvalue weighted by atomic mass is 9.91. The van der Waals surface area contributed by atoms with E-state index in [2.05, 4.69) is 39.8 Å². The summed E-state index contributed by atoms with van der Waals surface area (Å²) < 4.78 is 0. The molecule has 0 heterocycles. The summed E-state index contributed by atoms with van der Waals surface area (Å²) in [5.41, 5.74) is 6.35. The molecule has 1 unspecified atom stereocenters. The summed E-state index contributed by atoms with van der Waals surface area (Å²) in [4.78, 5) is 0. The minimum absolute atomic E-state index is 0.0206. The molecular formula is C29H51P. The Morgan fingerprint density at radius 3 is 1.90 bits per heavy atom. The molecular weight excluding hydrogens is 379 g/mol. The van der Waals surface area contributed by atoms with Crippen molar-refractivity contribution in [3.63, 3.8) is 0 Å². The van der Waals surface area contributed by atoms with E-state index in [9.17, 15) is 0 Å². The quantitative estimate of drug-likeness (QED) is 0.192. The van der Waals surface area contributed by atoms with Gasteiger partial charge in [-0.15, -0.1) is 0 Å². The van der Waals surface area contributed by atoms with Crippen LogP contribution in [0.2, 0.25) is 0 Å². The Kier molecular flexibility index (Phi) is 13.3. The summed E-state index contributed by atoms with van der Waals surface area (Å²) in [7, 11) is 0.0206. The topological polar surface area (TPSA) is 0 Å². The lowest BCUT2D eigenvalue weighted by molar-refractivity contribution is 0.511.